The second kappa shape index (κ2) is 6.42. The molecule has 1 aliphatic heterocycles. The highest BCUT2D eigenvalue weighted by Crippen LogP contribution is 2.23. The first-order valence-electron chi connectivity index (χ1n) is 7.77. The van der Waals surface area contributed by atoms with Crippen LogP contribution in [0.1, 0.15) is 31.9 Å². The van der Waals surface area contributed by atoms with Gasteiger partial charge in [0.05, 0.1) is 6.10 Å². The molecule has 0 amide bonds. The lowest BCUT2D eigenvalue weighted by atomic mass is 10.0. The Bertz CT molecular complexity index is 564. The van der Waals surface area contributed by atoms with Gasteiger partial charge >= 0.3 is 0 Å². The number of ether oxygens (including phenoxy) is 1. The van der Waals surface area contributed by atoms with Crippen LogP contribution in [0.2, 0.25) is 0 Å². The van der Waals surface area contributed by atoms with Crippen LogP contribution < -0.4 is 5.32 Å². The van der Waals surface area contributed by atoms with Crippen LogP contribution in [0.4, 0.5) is 0 Å². The first kappa shape index (κ1) is 14.3. The summed E-state index contributed by atoms with van der Waals surface area (Å²) in [5, 5.41) is 3.68. The predicted octanol–water partition coefficient (Wildman–Crippen LogP) is 4.18. The van der Waals surface area contributed by atoms with Gasteiger partial charge in [-0.25, -0.2) is 0 Å². The minimum absolute atomic E-state index is 0.316. The van der Waals surface area contributed by atoms with Crippen molar-refractivity contribution in [3.05, 3.63) is 60.2 Å². The van der Waals surface area contributed by atoms with Crippen LogP contribution in [-0.4, -0.2) is 18.8 Å². The van der Waals surface area contributed by atoms with Gasteiger partial charge in [-0.3, -0.25) is 0 Å². The van der Waals surface area contributed by atoms with Crippen molar-refractivity contribution in [2.75, 3.05) is 6.61 Å². The molecule has 0 radical (unpaired) electrons. The van der Waals surface area contributed by atoms with Gasteiger partial charge in [0, 0.05) is 18.7 Å². The highest BCUT2D eigenvalue weighted by Gasteiger charge is 2.25. The van der Waals surface area contributed by atoms with Gasteiger partial charge in [-0.15, -0.1) is 0 Å². The van der Waals surface area contributed by atoms with Gasteiger partial charge in [-0.05, 0) is 37.0 Å². The molecular formula is C19H23NO. The Morgan fingerprint density at radius 2 is 1.67 bits per heavy atom. The standard InChI is InChI=1S/C19H23NO/c1-14(20-19-12-13-21-15(19)2)16-8-10-18(11-9-16)17-6-4-3-5-7-17/h3-11,14-15,19-20H,12-13H2,1-2H3. The van der Waals surface area contributed by atoms with Crippen molar-refractivity contribution in [2.45, 2.75) is 38.5 Å². The van der Waals surface area contributed by atoms with Crippen molar-refractivity contribution in [2.24, 2.45) is 0 Å². The van der Waals surface area contributed by atoms with Crippen LogP contribution in [0, 0.1) is 0 Å². The monoisotopic (exact) mass is 281 g/mol. The van der Waals surface area contributed by atoms with Crippen LogP contribution in [0.15, 0.2) is 54.6 Å². The molecule has 1 heterocycles. The van der Waals surface area contributed by atoms with Crippen LogP contribution in [0.3, 0.4) is 0 Å². The van der Waals surface area contributed by atoms with Crippen LogP contribution in [-0.2, 0) is 4.74 Å². The summed E-state index contributed by atoms with van der Waals surface area (Å²) in [6.45, 7) is 5.25. The van der Waals surface area contributed by atoms with E-state index in [9.17, 15) is 0 Å². The molecule has 0 aliphatic carbocycles. The van der Waals surface area contributed by atoms with E-state index in [0.29, 0.717) is 18.2 Å². The van der Waals surface area contributed by atoms with Crippen molar-refractivity contribution >= 4 is 0 Å². The molecule has 3 unspecified atom stereocenters. The largest absolute Gasteiger partial charge is 0.377 e. The molecule has 110 valence electrons. The fourth-order valence-corrected chi connectivity index (χ4v) is 2.96. The number of benzene rings is 2. The first-order chi connectivity index (χ1) is 10.2. The van der Waals surface area contributed by atoms with E-state index in [4.69, 9.17) is 4.74 Å². The molecule has 1 fully saturated rings. The second-order valence-corrected chi connectivity index (χ2v) is 5.85. The lowest BCUT2D eigenvalue weighted by Crippen LogP contribution is -2.36. The molecule has 21 heavy (non-hydrogen) atoms. The van der Waals surface area contributed by atoms with Gasteiger partial charge in [0.25, 0.3) is 0 Å². The number of rotatable bonds is 4. The van der Waals surface area contributed by atoms with E-state index >= 15 is 0 Å². The van der Waals surface area contributed by atoms with Gasteiger partial charge < -0.3 is 10.1 Å². The average Bonchev–Trinajstić information content (AvgIpc) is 2.93. The minimum atomic E-state index is 0.316. The molecule has 0 bridgehead atoms. The minimum Gasteiger partial charge on any atom is -0.377 e. The van der Waals surface area contributed by atoms with Gasteiger partial charge in [-0.1, -0.05) is 54.6 Å². The fourth-order valence-electron chi connectivity index (χ4n) is 2.96. The number of nitrogens with one attached hydrogen (secondary N) is 1. The molecule has 0 aromatic heterocycles. The SMILES string of the molecule is CC(NC1CCOC1C)c1ccc(-c2ccccc2)cc1. The van der Waals surface area contributed by atoms with Gasteiger partial charge in [0.15, 0.2) is 0 Å². The van der Waals surface area contributed by atoms with E-state index < -0.39 is 0 Å². The molecule has 0 saturated carbocycles. The van der Waals surface area contributed by atoms with E-state index in [1.165, 1.54) is 16.7 Å². The summed E-state index contributed by atoms with van der Waals surface area (Å²) in [5.41, 5.74) is 3.86. The highest BCUT2D eigenvalue weighted by atomic mass is 16.5. The maximum atomic E-state index is 5.62. The number of hydrogen-bond acceptors (Lipinski definition) is 2. The van der Waals surface area contributed by atoms with E-state index in [0.717, 1.165) is 13.0 Å². The fraction of sp³-hybridized carbons (Fsp3) is 0.368. The summed E-state index contributed by atoms with van der Waals surface area (Å²) in [4.78, 5) is 0. The molecule has 3 rings (SSSR count). The smallest absolute Gasteiger partial charge is 0.0700 e. The second-order valence-electron chi connectivity index (χ2n) is 5.85. The molecule has 2 aromatic carbocycles. The first-order valence-corrected chi connectivity index (χ1v) is 7.77. The normalized spacial score (nSPS) is 23.1. The van der Waals surface area contributed by atoms with Crippen molar-refractivity contribution in [1.29, 1.82) is 0 Å². The topological polar surface area (TPSA) is 21.3 Å². The third kappa shape index (κ3) is 3.34. The van der Waals surface area contributed by atoms with Gasteiger partial charge in [0.2, 0.25) is 0 Å². The average molecular weight is 281 g/mol. The van der Waals surface area contributed by atoms with E-state index in [1.807, 2.05) is 0 Å². The molecule has 3 atom stereocenters. The Kier molecular flexibility index (Phi) is 4.37. The lowest BCUT2D eigenvalue weighted by molar-refractivity contribution is 0.111. The van der Waals surface area contributed by atoms with Gasteiger partial charge in [-0.2, -0.15) is 0 Å². The Morgan fingerprint density at radius 3 is 2.29 bits per heavy atom. The summed E-state index contributed by atoms with van der Waals surface area (Å²) in [6.07, 6.45) is 1.42. The van der Waals surface area contributed by atoms with E-state index in [-0.39, 0.29) is 0 Å². The predicted molar refractivity (Wildman–Crippen MR) is 87.2 cm³/mol. The summed E-state index contributed by atoms with van der Waals surface area (Å²) < 4.78 is 5.62. The molecule has 2 heteroatoms. The Morgan fingerprint density at radius 1 is 1.00 bits per heavy atom. The molecular weight excluding hydrogens is 258 g/mol. The highest BCUT2D eigenvalue weighted by molar-refractivity contribution is 5.63. The third-order valence-electron chi connectivity index (χ3n) is 4.36. The lowest BCUT2D eigenvalue weighted by Gasteiger charge is -2.22. The third-order valence-corrected chi connectivity index (χ3v) is 4.36. The van der Waals surface area contributed by atoms with Crippen LogP contribution >= 0.6 is 0 Å². The Balaban J connectivity index is 1.69. The Hall–Kier alpha value is -1.64. The Labute approximate surface area is 127 Å². The summed E-state index contributed by atoms with van der Waals surface area (Å²) in [6, 6.07) is 20.2. The molecule has 2 nitrogen and oxygen atoms in total. The zero-order valence-electron chi connectivity index (χ0n) is 12.8. The zero-order chi connectivity index (χ0) is 14.7. The van der Waals surface area contributed by atoms with Crippen molar-refractivity contribution in [3.8, 4) is 11.1 Å². The summed E-state index contributed by atoms with van der Waals surface area (Å²) >= 11 is 0. The van der Waals surface area contributed by atoms with Crippen LogP contribution in [0.25, 0.3) is 11.1 Å². The molecule has 1 aliphatic rings. The molecule has 1 N–H and O–H groups in total. The van der Waals surface area contributed by atoms with E-state index in [2.05, 4.69) is 73.8 Å². The van der Waals surface area contributed by atoms with Crippen molar-refractivity contribution in [1.82, 2.24) is 5.32 Å². The maximum Gasteiger partial charge on any atom is 0.0700 e. The van der Waals surface area contributed by atoms with Crippen molar-refractivity contribution in [3.63, 3.8) is 0 Å². The number of hydrogen-bond donors (Lipinski definition) is 1. The zero-order valence-corrected chi connectivity index (χ0v) is 12.8. The molecule has 0 spiro atoms. The van der Waals surface area contributed by atoms with Crippen molar-refractivity contribution < 1.29 is 4.74 Å². The summed E-state index contributed by atoms with van der Waals surface area (Å²) in [7, 11) is 0. The quantitative estimate of drug-likeness (QED) is 0.907. The summed E-state index contributed by atoms with van der Waals surface area (Å²) in [5.74, 6) is 0. The maximum absolute atomic E-state index is 5.62. The van der Waals surface area contributed by atoms with Gasteiger partial charge in [0.1, 0.15) is 0 Å². The van der Waals surface area contributed by atoms with E-state index in [1.54, 1.807) is 0 Å². The van der Waals surface area contributed by atoms with Crippen LogP contribution in [0.5, 0.6) is 0 Å². The molecule has 2 aromatic rings. The molecule has 1 saturated heterocycles.